The summed E-state index contributed by atoms with van der Waals surface area (Å²) >= 11 is 0. The Kier molecular flexibility index (Phi) is 4.78. The number of pyridine rings is 1. The summed E-state index contributed by atoms with van der Waals surface area (Å²) in [6.07, 6.45) is 6.89. The lowest BCUT2D eigenvalue weighted by atomic mass is 9.97. The predicted octanol–water partition coefficient (Wildman–Crippen LogP) is 1.41. The van der Waals surface area contributed by atoms with Crippen LogP contribution < -0.4 is 10.5 Å². The number of nitrogens with zero attached hydrogens (tertiary/aromatic N) is 4. The Bertz CT molecular complexity index is 765. The van der Waals surface area contributed by atoms with Crippen LogP contribution in [0.5, 0.6) is 0 Å². The Labute approximate surface area is 147 Å². The van der Waals surface area contributed by atoms with E-state index in [1.807, 2.05) is 18.3 Å². The number of aryl methyl sites for hydroxylation is 1. The fourth-order valence-corrected chi connectivity index (χ4v) is 3.74. The van der Waals surface area contributed by atoms with Crippen molar-refractivity contribution in [2.75, 3.05) is 37.6 Å². The van der Waals surface area contributed by atoms with Crippen LogP contribution in [0.15, 0.2) is 29.2 Å². The van der Waals surface area contributed by atoms with Gasteiger partial charge >= 0.3 is 0 Å². The number of rotatable bonds is 4. The molecule has 1 fully saturated rings. The van der Waals surface area contributed by atoms with Crippen LogP contribution in [0, 0.1) is 0 Å². The van der Waals surface area contributed by atoms with E-state index in [-0.39, 0.29) is 5.56 Å². The van der Waals surface area contributed by atoms with E-state index in [2.05, 4.69) is 25.8 Å². The third-order valence-corrected chi connectivity index (χ3v) is 5.26. The number of aromatic nitrogens is 3. The number of anilines is 1. The van der Waals surface area contributed by atoms with E-state index >= 15 is 0 Å². The molecule has 0 spiro atoms. The zero-order chi connectivity index (χ0) is 17.1. The molecule has 1 aliphatic carbocycles. The standard InChI is InChI=1S/C19H25N5O/c25-18-16-6-1-2-7-17(16)21-19(22-18)24-13-11-23(12-14-24)10-8-15-5-3-4-9-20-15/h3-5,9H,1-2,6-8,10-14H2,(H,21,22,25). The molecule has 2 aliphatic rings. The molecule has 1 saturated heterocycles. The fraction of sp³-hybridized carbons (Fsp3) is 0.526. The molecule has 0 aromatic carbocycles. The van der Waals surface area contributed by atoms with Gasteiger partial charge in [-0.05, 0) is 37.8 Å². The van der Waals surface area contributed by atoms with Gasteiger partial charge in [-0.3, -0.25) is 19.7 Å². The number of fused-ring (bicyclic) bond motifs is 1. The third-order valence-electron chi connectivity index (χ3n) is 5.26. The quantitative estimate of drug-likeness (QED) is 0.912. The second-order valence-corrected chi connectivity index (χ2v) is 6.92. The molecule has 0 unspecified atom stereocenters. The highest BCUT2D eigenvalue weighted by Gasteiger charge is 2.21. The van der Waals surface area contributed by atoms with Gasteiger partial charge in [0, 0.05) is 56.6 Å². The summed E-state index contributed by atoms with van der Waals surface area (Å²) in [5.41, 5.74) is 3.13. The monoisotopic (exact) mass is 339 g/mol. The van der Waals surface area contributed by atoms with Crippen molar-refractivity contribution in [1.82, 2.24) is 19.9 Å². The molecule has 0 radical (unpaired) electrons. The minimum atomic E-state index is 0.0669. The molecule has 0 atom stereocenters. The van der Waals surface area contributed by atoms with Crippen molar-refractivity contribution in [2.24, 2.45) is 0 Å². The molecule has 0 saturated carbocycles. The van der Waals surface area contributed by atoms with Crippen LogP contribution in [0.4, 0.5) is 5.95 Å². The number of aromatic amines is 1. The van der Waals surface area contributed by atoms with Gasteiger partial charge in [0.15, 0.2) is 0 Å². The van der Waals surface area contributed by atoms with E-state index in [1.165, 1.54) is 0 Å². The first-order chi connectivity index (χ1) is 12.3. The third kappa shape index (κ3) is 3.74. The van der Waals surface area contributed by atoms with Gasteiger partial charge in [0.05, 0.1) is 5.69 Å². The topological polar surface area (TPSA) is 65.1 Å². The summed E-state index contributed by atoms with van der Waals surface area (Å²) < 4.78 is 0. The lowest BCUT2D eigenvalue weighted by Gasteiger charge is -2.35. The molecule has 6 nitrogen and oxygen atoms in total. The lowest BCUT2D eigenvalue weighted by Crippen LogP contribution is -2.48. The Morgan fingerprint density at radius 2 is 1.92 bits per heavy atom. The van der Waals surface area contributed by atoms with E-state index in [1.54, 1.807) is 0 Å². The summed E-state index contributed by atoms with van der Waals surface area (Å²) in [7, 11) is 0. The van der Waals surface area contributed by atoms with Gasteiger partial charge in [-0.15, -0.1) is 0 Å². The van der Waals surface area contributed by atoms with Gasteiger partial charge in [-0.2, -0.15) is 0 Å². The van der Waals surface area contributed by atoms with Gasteiger partial charge in [0.2, 0.25) is 5.95 Å². The van der Waals surface area contributed by atoms with Gasteiger partial charge in [-0.25, -0.2) is 4.98 Å². The van der Waals surface area contributed by atoms with Crippen LogP contribution >= 0.6 is 0 Å². The SMILES string of the molecule is O=c1[nH]c(N2CCN(CCc3ccccn3)CC2)nc2c1CCCC2. The van der Waals surface area contributed by atoms with E-state index in [9.17, 15) is 4.79 Å². The molecule has 6 heteroatoms. The van der Waals surface area contributed by atoms with Crippen LogP contribution in [-0.4, -0.2) is 52.6 Å². The zero-order valence-corrected chi connectivity index (χ0v) is 14.6. The largest absolute Gasteiger partial charge is 0.340 e. The fourth-order valence-electron chi connectivity index (χ4n) is 3.74. The average Bonchev–Trinajstić information content (AvgIpc) is 2.68. The highest BCUT2D eigenvalue weighted by Crippen LogP contribution is 2.19. The van der Waals surface area contributed by atoms with Crippen LogP contribution in [0.2, 0.25) is 0 Å². The maximum Gasteiger partial charge on any atom is 0.255 e. The average molecular weight is 339 g/mol. The Morgan fingerprint density at radius 3 is 2.72 bits per heavy atom. The first-order valence-electron chi connectivity index (χ1n) is 9.29. The second kappa shape index (κ2) is 7.35. The van der Waals surface area contributed by atoms with E-state index in [0.717, 1.165) is 87.7 Å². The number of hydrogen-bond donors (Lipinski definition) is 1. The van der Waals surface area contributed by atoms with Gasteiger partial charge < -0.3 is 4.90 Å². The highest BCUT2D eigenvalue weighted by molar-refractivity contribution is 5.35. The first-order valence-corrected chi connectivity index (χ1v) is 9.29. The Hall–Kier alpha value is -2.21. The Morgan fingerprint density at radius 1 is 1.08 bits per heavy atom. The highest BCUT2D eigenvalue weighted by atomic mass is 16.1. The molecule has 3 heterocycles. The summed E-state index contributed by atoms with van der Waals surface area (Å²) in [6, 6.07) is 6.07. The zero-order valence-electron chi connectivity index (χ0n) is 14.6. The summed E-state index contributed by atoms with van der Waals surface area (Å²) in [5.74, 6) is 0.759. The number of piperazine rings is 1. The number of hydrogen-bond acceptors (Lipinski definition) is 5. The number of nitrogens with one attached hydrogen (secondary N) is 1. The summed E-state index contributed by atoms with van der Waals surface area (Å²) in [4.78, 5) is 29.1. The Balaban J connectivity index is 1.36. The predicted molar refractivity (Wildman–Crippen MR) is 98.1 cm³/mol. The van der Waals surface area contributed by atoms with Crippen molar-refractivity contribution in [2.45, 2.75) is 32.1 Å². The van der Waals surface area contributed by atoms with E-state index in [0.29, 0.717) is 0 Å². The second-order valence-electron chi connectivity index (χ2n) is 6.92. The van der Waals surface area contributed by atoms with Crippen molar-refractivity contribution < 1.29 is 0 Å². The molecule has 0 bridgehead atoms. The van der Waals surface area contributed by atoms with E-state index < -0.39 is 0 Å². The molecule has 0 amide bonds. The molecule has 4 rings (SSSR count). The van der Waals surface area contributed by atoms with Gasteiger partial charge in [0.25, 0.3) is 5.56 Å². The minimum Gasteiger partial charge on any atom is -0.340 e. The molecule has 2 aromatic heterocycles. The van der Waals surface area contributed by atoms with Crippen molar-refractivity contribution in [1.29, 1.82) is 0 Å². The summed E-state index contributed by atoms with van der Waals surface area (Å²) in [5, 5.41) is 0. The van der Waals surface area contributed by atoms with Crippen molar-refractivity contribution in [3.8, 4) is 0 Å². The van der Waals surface area contributed by atoms with Crippen molar-refractivity contribution >= 4 is 5.95 Å². The molecular weight excluding hydrogens is 314 g/mol. The van der Waals surface area contributed by atoms with Gasteiger partial charge in [-0.1, -0.05) is 6.07 Å². The normalized spacial score (nSPS) is 18.2. The van der Waals surface area contributed by atoms with E-state index in [4.69, 9.17) is 4.98 Å². The van der Waals surface area contributed by atoms with Crippen LogP contribution in [-0.2, 0) is 19.3 Å². The molecule has 1 N–H and O–H groups in total. The molecule has 25 heavy (non-hydrogen) atoms. The first kappa shape index (κ1) is 16.3. The van der Waals surface area contributed by atoms with Gasteiger partial charge in [0.1, 0.15) is 0 Å². The number of H-pyrrole nitrogens is 1. The molecular formula is C19H25N5O. The van der Waals surface area contributed by atoms with Crippen LogP contribution in [0.1, 0.15) is 29.8 Å². The summed E-state index contributed by atoms with van der Waals surface area (Å²) in [6.45, 7) is 4.83. The molecule has 1 aliphatic heterocycles. The van der Waals surface area contributed by atoms with Crippen molar-refractivity contribution in [3.05, 3.63) is 51.7 Å². The maximum absolute atomic E-state index is 12.3. The van der Waals surface area contributed by atoms with Crippen LogP contribution in [0.25, 0.3) is 0 Å². The van der Waals surface area contributed by atoms with Crippen molar-refractivity contribution in [3.63, 3.8) is 0 Å². The minimum absolute atomic E-state index is 0.0669. The maximum atomic E-state index is 12.3. The molecule has 132 valence electrons. The van der Waals surface area contributed by atoms with Crippen LogP contribution in [0.3, 0.4) is 0 Å². The molecule has 2 aromatic rings. The lowest BCUT2D eigenvalue weighted by molar-refractivity contribution is 0.259. The smallest absolute Gasteiger partial charge is 0.255 e.